The highest BCUT2D eigenvalue weighted by Gasteiger charge is 2.44. The van der Waals surface area contributed by atoms with Crippen LogP contribution in [0.2, 0.25) is 0 Å². The molecule has 6 N–H and O–H groups in total. The van der Waals surface area contributed by atoms with Crippen LogP contribution in [-0.4, -0.2) is 41.6 Å². The third kappa shape index (κ3) is 6.79. The summed E-state index contributed by atoms with van der Waals surface area (Å²) in [6, 6.07) is 1.29. The lowest BCUT2D eigenvalue weighted by Crippen LogP contribution is -2.29. The minimum atomic E-state index is -5.77. The number of alkyl halides is 1. The molecule has 15 nitrogen and oxygen atoms in total. The molecule has 1 aliphatic rings. The van der Waals surface area contributed by atoms with Gasteiger partial charge >= 0.3 is 29.2 Å². The number of nitrogens with zero attached hydrogens (tertiary/aromatic N) is 2. The van der Waals surface area contributed by atoms with Crippen molar-refractivity contribution in [3.8, 4) is 0 Å². The van der Waals surface area contributed by atoms with Crippen LogP contribution in [-0.2, 0) is 31.6 Å². The van der Waals surface area contributed by atoms with Gasteiger partial charge in [-0.3, -0.25) is 4.57 Å². The number of hydrogen-bond donors (Lipinski definition) is 5. The maximum atomic E-state index is 14.1. The highest BCUT2D eigenvalue weighted by molar-refractivity contribution is 7.66. The molecule has 160 valence electrons. The lowest BCUT2D eigenvalue weighted by molar-refractivity contribution is -0.105. The van der Waals surface area contributed by atoms with Crippen LogP contribution in [0.25, 0.3) is 0 Å². The quantitative estimate of drug-likeness (QED) is 0.319. The van der Waals surface area contributed by atoms with Crippen molar-refractivity contribution in [2.45, 2.75) is 31.5 Å². The summed E-state index contributed by atoms with van der Waals surface area (Å²) < 4.78 is 64.6. The molecule has 0 saturated carbocycles. The molecular formula is C9H15FN3O12P3. The summed E-state index contributed by atoms with van der Waals surface area (Å²) in [7, 11) is -17.0. The van der Waals surface area contributed by atoms with Crippen molar-refractivity contribution in [3.63, 3.8) is 0 Å². The molecule has 5 atom stereocenters. The van der Waals surface area contributed by atoms with E-state index >= 15 is 0 Å². The number of aromatic nitrogens is 2. The van der Waals surface area contributed by atoms with Crippen molar-refractivity contribution in [1.82, 2.24) is 9.55 Å². The number of hydrogen-bond acceptors (Lipinski definition) is 10. The van der Waals surface area contributed by atoms with Crippen LogP contribution in [0.15, 0.2) is 17.1 Å². The molecule has 1 saturated heterocycles. The van der Waals surface area contributed by atoms with E-state index in [1.54, 1.807) is 0 Å². The monoisotopic (exact) mass is 469 g/mol. The topological polar surface area (TPSA) is 230 Å². The van der Waals surface area contributed by atoms with Crippen molar-refractivity contribution in [1.29, 1.82) is 0 Å². The van der Waals surface area contributed by atoms with E-state index in [4.69, 9.17) is 25.2 Å². The minimum absolute atomic E-state index is 0.0492. The van der Waals surface area contributed by atoms with Crippen molar-refractivity contribution in [3.05, 3.63) is 22.7 Å². The molecule has 3 unspecified atom stereocenters. The van der Waals surface area contributed by atoms with Gasteiger partial charge in [-0.25, -0.2) is 27.4 Å². The molecule has 2 rings (SSSR count). The molecule has 1 aliphatic heterocycles. The van der Waals surface area contributed by atoms with E-state index in [2.05, 4.69) is 18.1 Å². The molecule has 0 radical (unpaired) electrons. The van der Waals surface area contributed by atoms with Crippen molar-refractivity contribution < 1.29 is 55.5 Å². The standard InChI is InChI=1S/C9H15FN3O12P3/c10-8(23-27(18,19)25-28(20,21)24-26(15,16)17)5-1-2-7(22-5)13-4-3-6(11)12-9(13)14/h3-5,7-8H,1-2H2,(H,18,19)(H,20,21)(H2,11,12,14)(H2,15,16,17)/t5-,7+,8?/m0/s1. The first-order valence-electron chi connectivity index (χ1n) is 7.14. The van der Waals surface area contributed by atoms with E-state index in [0.29, 0.717) is 0 Å². The molecular weight excluding hydrogens is 454 g/mol. The second kappa shape index (κ2) is 8.38. The largest absolute Gasteiger partial charge is 0.490 e. The minimum Gasteiger partial charge on any atom is -0.383 e. The van der Waals surface area contributed by atoms with Gasteiger partial charge in [-0.2, -0.15) is 13.6 Å². The molecule has 1 aromatic rings. The molecule has 19 heteroatoms. The van der Waals surface area contributed by atoms with Crippen molar-refractivity contribution in [2.75, 3.05) is 5.73 Å². The Hall–Kier alpha value is -1.02. The van der Waals surface area contributed by atoms with Crippen LogP contribution in [0, 0.1) is 0 Å². The Labute approximate surface area is 155 Å². The highest BCUT2D eigenvalue weighted by atomic mass is 31.3. The van der Waals surface area contributed by atoms with Crippen molar-refractivity contribution in [2.24, 2.45) is 0 Å². The summed E-state index contributed by atoms with van der Waals surface area (Å²) in [5.74, 6) is -0.0492. The third-order valence-corrected chi connectivity index (χ3v) is 6.93. The zero-order chi connectivity index (χ0) is 21.3. The first kappa shape index (κ1) is 23.3. The Morgan fingerprint density at radius 3 is 2.43 bits per heavy atom. The Kier molecular flexibility index (Phi) is 6.96. The number of phosphoric ester groups is 1. The van der Waals surface area contributed by atoms with Crippen molar-refractivity contribution >= 4 is 29.3 Å². The summed E-state index contributed by atoms with van der Waals surface area (Å²) in [4.78, 5) is 50.3. The number of rotatable bonds is 8. The summed E-state index contributed by atoms with van der Waals surface area (Å²) in [6.07, 6.45) is -3.93. The van der Waals surface area contributed by atoms with Gasteiger partial charge in [0.1, 0.15) is 18.1 Å². The van der Waals surface area contributed by atoms with Gasteiger partial charge in [0.05, 0.1) is 0 Å². The second-order valence-electron chi connectivity index (χ2n) is 5.30. The van der Waals surface area contributed by atoms with Crippen LogP contribution in [0.3, 0.4) is 0 Å². The van der Waals surface area contributed by atoms with E-state index in [0.717, 1.165) is 4.57 Å². The van der Waals surface area contributed by atoms with E-state index < -0.39 is 47.8 Å². The van der Waals surface area contributed by atoms with Crippen LogP contribution >= 0.6 is 23.5 Å². The number of nitrogens with two attached hydrogens (primary N) is 1. The number of ether oxygens (including phenoxy) is 1. The van der Waals surface area contributed by atoms with Crippen LogP contribution in [0.5, 0.6) is 0 Å². The number of phosphoric acid groups is 3. The molecule has 0 aliphatic carbocycles. The lowest BCUT2D eigenvalue weighted by atomic mass is 10.2. The Morgan fingerprint density at radius 2 is 1.86 bits per heavy atom. The number of halogens is 1. The fourth-order valence-electron chi connectivity index (χ4n) is 2.18. The van der Waals surface area contributed by atoms with Crippen LogP contribution in [0.1, 0.15) is 19.1 Å². The summed E-state index contributed by atoms with van der Waals surface area (Å²) >= 11 is 0. The van der Waals surface area contributed by atoms with E-state index in [-0.39, 0.29) is 18.7 Å². The molecule has 0 spiro atoms. The summed E-state index contributed by atoms with van der Waals surface area (Å²) in [5, 5.41) is 0. The van der Waals surface area contributed by atoms with Gasteiger partial charge in [0.15, 0.2) is 0 Å². The van der Waals surface area contributed by atoms with Gasteiger partial charge in [-0.15, -0.1) is 0 Å². The van der Waals surface area contributed by atoms with Crippen LogP contribution in [0.4, 0.5) is 10.2 Å². The zero-order valence-corrected chi connectivity index (χ0v) is 16.2. The van der Waals surface area contributed by atoms with E-state index in [9.17, 15) is 27.8 Å². The van der Waals surface area contributed by atoms with E-state index in [1.165, 1.54) is 12.3 Å². The maximum absolute atomic E-state index is 14.1. The predicted molar refractivity (Wildman–Crippen MR) is 85.9 cm³/mol. The lowest BCUT2D eigenvalue weighted by Gasteiger charge is -2.21. The molecule has 0 amide bonds. The number of nitrogen functional groups attached to an aromatic ring is 1. The second-order valence-corrected chi connectivity index (χ2v) is 9.67. The van der Waals surface area contributed by atoms with E-state index in [1.807, 2.05) is 0 Å². The van der Waals surface area contributed by atoms with Gasteiger partial charge < -0.3 is 30.0 Å². The zero-order valence-electron chi connectivity index (χ0n) is 13.5. The summed E-state index contributed by atoms with van der Waals surface area (Å²) in [6.45, 7) is 0. The summed E-state index contributed by atoms with van der Waals surface area (Å²) in [5.41, 5.74) is 4.56. The number of anilines is 1. The first-order chi connectivity index (χ1) is 12.7. The SMILES string of the molecule is Nc1ccn([C@H]2CC[C@@H](C(F)OP(=O)(O)OP(=O)(O)OP(=O)(O)O)O2)c(=O)n1. The van der Waals surface area contributed by atoms with Gasteiger partial charge in [-0.1, -0.05) is 0 Å². The highest BCUT2D eigenvalue weighted by Crippen LogP contribution is 2.66. The normalized spacial score (nSPS) is 25.8. The Bertz CT molecular complexity index is 919. The maximum Gasteiger partial charge on any atom is 0.490 e. The predicted octanol–water partition coefficient (Wildman–Crippen LogP) is 0.142. The van der Waals surface area contributed by atoms with Gasteiger partial charge in [-0.05, 0) is 18.9 Å². The molecule has 2 heterocycles. The third-order valence-electron chi connectivity index (χ3n) is 3.13. The molecule has 1 fully saturated rings. The van der Waals surface area contributed by atoms with Gasteiger partial charge in [0.25, 0.3) is 0 Å². The van der Waals surface area contributed by atoms with Crippen LogP contribution < -0.4 is 11.4 Å². The average Bonchev–Trinajstić information content (AvgIpc) is 2.92. The molecule has 28 heavy (non-hydrogen) atoms. The fourth-order valence-corrected chi connectivity index (χ4v) is 5.23. The smallest absolute Gasteiger partial charge is 0.383 e. The first-order valence-corrected chi connectivity index (χ1v) is 11.7. The Balaban J connectivity index is 2.00. The van der Waals surface area contributed by atoms with Gasteiger partial charge in [0, 0.05) is 6.20 Å². The van der Waals surface area contributed by atoms with Gasteiger partial charge in [0.2, 0.25) is 6.36 Å². The molecule has 1 aromatic heterocycles. The fraction of sp³-hybridized carbons (Fsp3) is 0.556. The molecule has 0 bridgehead atoms. The average molecular weight is 469 g/mol. The Morgan fingerprint density at radius 1 is 1.21 bits per heavy atom. The molecule has 0 aromatic carbocycles.